The molecule has 1 aliphatic rings. The molecule has 0 bridgehead atoms. The predicted octanol–water partition coefficient (Wildman–Crippen LogP) is -0.703. The maximum Gasteiger partial charge on any atom is 0.255 e. The van der Waals surface area contributed by atoms with Crippen LogP contribution in [0.2, 0.25) is 0 Å². The SMILES string of the molecule is N#Cc1cc(O)c(O)c(C(=O)NCC=CC2OC(n3cnc4c(N)ncnc43)[C@H](O)C2O)c1. The number of benzene rings is 1. The Balaban J connectivity index is 1.42. The topological polar surface area (TPSA) is 213 Å². The number of fused-ring (bicyclic) bond motifs is 1. The van der Waals surface area contributed by atoms with E-state index in [4.69, 9.17) is 15.7 Å². The minimum absolute atomic E-state index is 0.00699. The zero-order chi connectivity index (χ0) is 23.7. The number of nitrogens with one attached hydrogen (secondary N) is 1. The minimum Gasteiger partial charge on any atom is -0.504 e. The molecule has 7 N–H and O–H groups in total. The predicted molar refractivity (Wildman–Crippen MR) is 112 cm³/mol. The van der Waals surface area contributed by atoms with Crippen LogP contribution in [0.1, 0.15) is 22.1 Å². The Bertz CT molecular complexity index is 1280. The average Bonchev–Trinajstić information content (AvgIpc) is 3.35. The van der Waals surface area contributed by atoms with Gasteiger partial charge in [0.25, 0.3) is 5.91 Å². The van der Waals surface area contributed by atoms with Crippen LogP contribution >= 0.6 is 0 Å². The molecule has 1 saturated heterocycles. The first-order valence-electron chi connectivity index (χ1n) is 9.67. The maximum atomic E-state index is 12.3. The molecule has 2 aromatic heterocycles. The van der Waals surface area contributed by atoms with Gasteiger partial charge in [0.05, 0.1) is 23.5 Å². The van der Waals surface area contributed by atoms with Gasteiger partial charge in [-0.25, -0.2) is 15.0 Å². The fourth-order valence-electron chi connectivity index (χ4n) is 3.44. The summed E-state index contributed by atoms with van der Waals surface area (Å²) in [7, 11) is 0. The first kappa shape index (κ1) is 22.0. The van der Waals surface area contributed by atoms with E-state index in [0.29, 0.717) is 11.2 Å². The van der Waals surface area contributed by atoms with Gasteiger partial charge in [0, 0.05) is 12.6 Å². The molecule has 3 aromatic rings. The lowest BCUT2D eigenvalue weighted by Crippen LogP contribution is -2.31. The Morgan fingerprint density at radius 3 is 2.82 bits per heavy atom. The summed E-state index contributed by atoms with van der Waals surface area (Å²) in [5.41, 5.74) is 6.18. The number of carbonyl (C=O) groups excluding carboxylic acids is 1. The van der Waals surface area contributed by atoms with Crippen molar-refractivity contribution in [2.45, 2.75) is 24.5 Å². The second kappa shape index (κ2) is 8.71. The number of nitrogens with two attached hydrogens (primary N) is 1. The van der Waals surface area contributed by atoms with E-state index >= 15 is 0 Å². The number of nitrogens with zero attached hydrogens (tertiary/aromatic N) is 5. The summed E-state index contributed by atoms with van der Waals surface area (Å²) in [6.07, 6.45) is 1.10. The molecule has 170 valence electrons. The number of phenols is 2. The van der Waals surface area contributed by atoms with Crippen LogP contribution in [0.5, 0.6) is 11.5 Å². The van der Waals surface area contributed by atoms with Crippen LogP contribution < -0.4 is 11.1 Å². The van der Waals surface area contributed by atoms with Gasteiger partial charge >= 0.3 is 0 Å². The first-order valence-corrected chi connectivity index (χ1v) is 9.67. The van der Waals surface area contributed by atoms with E-state index in [1.807, 2.05) is 0 Å². The molecule has 33 heavy (non-hydrogen) atoms. The lowest BCUT2D eigenvalue weighted by atomic mass is 10.1. The van der Waals surface area contributed by atoms with Crippen molar-refractivity contribution in [3.8, 4) is 17.6 Å². The standard InChI is InChI=1S/C20H19N7O6/c21-6-9-4-10(14(29)11(28)5-9)19(32)23-3-1-2-12-15(30)16(31)20(33-12)27-8-26-13-17(22)24-7-25-18(13)27/h1-2,4-5,7-8,12,15-16,20,28-31H,3H2,(H,23,32)(H2,22,24,25)/t12?,15?,16-,20?/m1/s1. The lowest BCUT2D eigenvalue weighted by Gasteiger charge is -2.16. The van der Waals surface area contributed by atoms with Crippen molar-refractivity contribution in [3.63, 3.8) is 0 Å². The van der Waals surface area contributed by atoms with Gasteiger partial charge in [-0.2, -0.15) is 5.26 Å². The molecule has 1 aromatic carbocycles. The average molecular weight is 453 g/mol. The van der Waals surface area contributed by atoms with Gasteiger partial charge in [-0.05, 0) is 6.07 Å². The number of hydrogen-bond acceptors (Lipinski definition) is 11. The number of amides is 1. The number of phenolic OH excluding ortho intramolecular Hbond substituents is 2. The molecular formula is C20H19N7O6. The van der Waals surface area contributed by atoms with Gasteiger partial charge in [0.15, 0.2) is 29.2 Å². The van der Waals surface area contributed by atoms with Crippen molar-refractivity contribution in [2.24, 2.45) is 0 Å². The molecule has 0 saturated carbocycles. The molecular weight excluding hydrogens is 434 g/mol. The number of aromatic hydroxyl groups is 2. The molecule has 1 fully saturated rings. The van der Waals surface area contributed by atoms with Gasteiger partial charge in [0.1, 0.15) is 30.2 Å². The zero-order valence-corrected chi connectivity index (χ0v) is 16.9. The van der Waals surface area contributed by atoms with Gasteiger partial charge in [-0.3, -0.25) is 9.36 Å². The number of imidazole rings is 1. The first-order chi connectivity index (χ1) is 15.8. The largest absolute Gasteiger partial charge is 0.504 e. The smallest absolute Gasteiger partial charge is 0.255 e. The lowest BCUT2D eigenvalue weighted by molar-refractivity contribution is -0.0245. The van der Waals surface area contributed by atoms with Crippen LogP contribution in [-0.4, -0.2) is 70.7 Å². The Hall–Kier alpha value is -4.25. The molecule has 3 unspecified atom stereocenters. The van der Waals surface area contributed by atoms with Crippen molar-refractivity contribution in [2.75, 3.05) is 12.3 Å². The molecule has 1 amide bonds. The van der Waals surface area contributed by atoms with Crippen LogP contribution in [0.25, 0.3) is 11.2 Å². The third-order valence-electron chi connectivity index (χ3n) is 5.11. The molecule has 13 nitrogen and oxygen atoms in total. The highest BCUT2D eigenvalue weighted by atomic mass is 16.6. The second-order valence-electron chi connectivity index (χ2n) is 7.20. The Morgan fingerprint density at radius 1 is 1.27 bits per heavy atom. The van der Waals surface area contributed by atoms with Gasteiger partial charge in [-0.1, -0.05) is 12.2 Å². The van der Waals surface area contributed by atoms with Gasteiger partial charge < -0.3 is 36.2 Å². The van der Waals surface area contributed by atoms with Crippen LogP contribution in [0.3, 0.4) is 0 Å². The molecule has 0 aliphatic carbocycles. The number of anilines is 1. The van der Waals surface area contributed by atoms with E-state index in [2.05, 4.69) is 20.3 Å². The molecule has 1 aliphatic heterocycles. The van der Waals surface area contributed by atoms with Crippen LogP contribution in [-0.2, 0) is 4.74 Å². The summed E-state index contributed by atoms with van der Waals surface area (Å²) in [6, 6.07) is 3.96. The van der Waals surface area contributed by atoms with Crippen molar-refractivity contribution >= 4 is 22.9 Å². The van der Waals surface area contributed by atoms with E-state index in [1.165, 1.54) is 29.4 Å². The monoisotopic (exact) mass is 453 g/mol. The highest BCUT2D eigenvalue weighted by molar-refractivity contribution is 5.98. The fourth-order valence-corrected chi connectivity index (χ4v) is 3.44. The van der Waals surface area contributed by atoms with Crippen LogP contribution in [0, 0.1) is 11.3 Å². The van der Waals surface area contributed by atoms with E-state index in [0.717, 1.165) is 12.1 Å². The number of rotatable bonds is 5. The molecule has 3 heterocycles. The Labute approximate surface area is 186 Å². The van der Waals surface area contributed by atoms with Gasteiger partial charge in [-0.15, -0.1) is 0 Å². The minimum atomic E-state index is -1.29. The van der Waals surface area contributed by atoms with E-state index in [9.17, 15) is 25.2 Å². The summed E-state index contributed by atoms with van der Waals surface area (Å²) in [6.45, 7) is -0.0269. The van der Waals surface area contributed by atoms with E-state index < -0.39 is 41.9 Å². The summed E-state index contributed by atoms with van der Waals surface area (Å²) < 4.78 is 7.19. The van der Waals surface area contributed by atoms with Crippen molar-refractivity contribution in [1.29, 1.82) is 5.26 Å². The molecule has 0 spiro atoms. The molecule has 4 atom stereocenters. The normalized spacial score (nSPS) is 22.6. The number of aliphatic hydroxyl groups excluding tert-OH is 2. The second-order valence-corrected chi connectivity index (χ2v) is 7.20. The highest BCUT2D eigenvalue weighted by Gasteiger charge is 2.43. The number of nitriles is 1. The molecule has 13 heteroatoms. The van der Waals surface area contributed by atoms with E-state index in [1.54, 1.807) is 6.07 Å². The summed E-state index contributed by atoms with van der Waals surface area (Å²) >= 11 is 0. The van der Waals surface area contributed by atoms with Crippen molar-refractivity contribution in [3.05, 3.63) is 48.1 Å². The Kier molecular flexibility index (Phi) is 5.80. The zero-order valence-electron chi connectivity index (χ0n) is 16.9. The molecule has 4 rings (SSSR count). The third kappa shape index (κ3) is 4.01. The summed E-state index contributed by atoms with van der Waals surface area (Å²) in [5.74, 6) is -1.79. The number of carbonyl (C=O) groups is 1. The number of nitrogen functional groups attached to an aromatic ring is 1. The summed E-state index contributed by atoms with van der Waals surface area (Å²) in [4.78, 5) is 24.3. The van der Waals surface area contributed by atoms with Crippen molar-refractivity contribution < 1.29 is 30.0 Å². The fraction of sp³-hybridized carbons (Fsp3) is 0.250. The van der Waals surface area contributed by atoms with Crippen LogP contribution in [0.4, 0.5) is 5.82 Å². The number of ether oxygens (including phenoxy) is 1. The third-order valence-corrected chi connectivity index (χ3v) is 5.11. The number of aliphatic hydroxyl groups is 2. The summed E-state index contributed by atoms with van der Waals surface area (Å²) in [5, 5.41) is 51.7. The molecule has 0 radical (unpaired) electrons. The Morgan fingerprint density at radius 2 is 2.06 bits per heavy atom. The van der Waals surface area contributed by atoms with Crippen molar-refractivity contribution in [1.82, 2.24) is 24.8 Å². The van der Waals surface area contributed by atoms with Gasteiger partial charge in [0.2, 0.25) is 0 Å². The number of hydrogen-bond donors (Lipinski definition) is 6. The highest BCUT2D eigenvalue weighted by Crippen LogP contribution is 2.32. The van der Waals surface area contributed by atoms with E-state index in [-0.39, 0.29) is 23.5 Å². The number of aromatic nitrogens is 4. The maximum absolute atomic E-state index is 12.3. The van der Waals surface area contributed by atoms with Crippen LogP contribution in [0.15, 0.2) is 36.9 Å². The quantitative estimate of drug-likeness (QED) is 0.210.